The quantitative estimate of drug-likeness (QED) is 0.396. The van der Waals surface area contributed by atoms with Gasteiger partial charge in [0.15, 0.2) is 4.80 Å². The van der Waals surface area contributed by atoms with Crippen LogP contribution in [0.3, 0.4) is 0 Å². The minimum absolute atomic E-state index is 0.152. The number of hydrogen-bond donors (Lipinski definition) is 0. The minimum Gasteiger partial charge on any atom is -0.383 e. The van der Waals surface area contributed by atoms with Crippen molar-refractivity contribution in [1.82, 2.24) is 8.87 Å². The van der Waals surface area contributed by atoms with Gasteiger partial charge in [0, 0.05) is 37.7 Å². The second-order valence-corrected chi connectivity index (χ2v) is 11.0. The van der Waals surface area contributed by atoms with Crippen LogP contribution in [-0.4, -0.2) is 63.2 Å². The first-order valence-corrected chi connectivity index (χ1v) is 13.5. The Balaban J connectivity index is 1.51. The smallest absolute Gasteiger partial charge is 0.279 e. The number of aromatic nitrogens is 1. The fraction of sp³-hybridized carbons (Fsp3) is 0.280. The molecule has 0 aliphatic carbocycles. The third-order valence-electron chi connectivity index (χ3n) is 6.00. The number of amides is 1. The molecule has 0 unspecified atom stereocenters. The topological polar surface area (TPSA) is 90.2 Å². The Hall–Kier alpha value is -2.89. The van der Waals surface area contributed by atoms with E-state index < -0.39 is 15.9 Å². The number of rotatable bonds is 6. The van der Waals surface area contributed by atoms with E-state index in [1.807, 2.05) is 22.8 Å². The zero-order valence-corrected chi connectivity index (χ0v) is 20.8. The minimum atomic E-state index is -3.62. The number of thiazole rings is 1. The molecule has 0 bridgehead atoms. The van der Waals surface area contributed by atoms with E-state index in [0.717, 1.165) is 21.0 Å². The molecule has 1 amide bonds. The Labute approximate surface area is 207 Å². The summed E-state index contributed by atoms with van der Waals surface area (Å²) in [6.45, 7) is 2.43. The molecular formula is C25H25N3O5S2. The fourth-order valence-corrected chi connectivity index (χ4v) is 6.74. The monoisotopic (exact) mass is 511 g/mol. The summed E-state index contributed by atoms with van der Waals surface area (Å²) in [6, 6.07) is 18.2. The maximum absolute atomic E-state index is 13.1. The summed E-state index contributed by atoms with van der Waals surface area (Å²) in [5, 5.41) is 2.22. The Morgan fingerprint density at radius 1 is 1.06 bits per heavy atom. The zero-order chi connectivity index (χ0) is 24.4. The predicted octanol–water partition coefficient (Wildman–Crippen LogP) is 3.26. The molecule has 0 spiro atoms. The molecule has 4 aromatic rings. The number of morpholine rings is 1. The standard InChI is InChI=1S/C25H25N3O5S2/c1-32-15-14-28-22-11-8-18-4-2-3-5-21(18)23(22)34-25(28)26-24(29)19-6-9-20(10-7-19)35(30,31)27-12-16-33-17-13-27/h2-11H,12-17H2,1H3. The summed E-state index contributed by atoms with van der Waals surface area (Å²) < 4.78 is 40.7. The van der Waals surface area contributed by atoms with Crippen LogP contribution in [0.15, 0.2) is 70.6 Å². The van der Waals surface area contributed by atoms with Crippen molar-refractivity contribution in [2.45, 2.75) is 11.4 Å². The lowest BCUT2D eigenvalue weighted by molar-refractivity contribution is 0.0730. The molecule has 2 heterocycles. The highest BCUT2D eigenvalue weighted by molar-refractivity contribution is 7.89. The number of fused-ring (bicyclic) bond motifs is 3. The highest BCUT2D eigenvalue weighted by Crippen LogP contribution is 2.27. The lowest BCUT2D eigenvalue weighted by Gasteiger charge is -2.26. The second kappa shape index (κ2) is 10.00. The summed E-state index contributed by atoms with van der Waals surface area (Å²) in [5.74, 6) is -0.428. The van der Waals surface area contributed by atoms with Gasteiger partial charge < -0.3 is 14.0 Å². The Morgan fingerprint density at radius 2 is 1.80 bits per heavy atom. The number of benzene rings is 3. The Bertz CT molecular complexity index is 1550. The van der Waals surface area contributed by atoms with Gasteiger partial charge in [-0.2, -0.15) is 9.30 Å². The van der Waals surface area contributed by atoms with Crippen molar-refractivity contribution in [3.8, 4) is 0 Å². The summed E-state index contributed by atoms with van der Waals surface area (Å²) in [7, 11) is -1.99. The molecule has 0 N–H and O–H groups in total. The van der Waals surface area contributed by atoms with Gasteiger partial charge in [0.2, 0.25) is 10.0 Å². The predicted molar refractivity (Wildman–Crippen MR) is 135 cm³/mol. The third kappa shape index (κ3) is 4.67. The molecule has 3 aromatic carbocycles. The molecule has 1 aliphatic heterocycles. The second-order valence-electron chi connectivity index (χ2n) is 8.12. The average molecular weight is 512 g/mol. The summed E-state index contributed by atoms with van der Waals surface area (Å²) in [6.07, 6.45) is 0. The molecule has 10 heteroatoms. The van der Waals surface area contributed by atoms with Crippen LogP contribution in [-0.2, 0) is 26.0 Å². The van der Waals surface area contributed by atoms with Crippen LogP contribution in [0.5, 0.6) is 0 Å². The van der Waals surface area contributed by atoms with E-state index in [-0.39, 0.29) is 4.90 Å². The van der Waals surface area contributed by atoms with Crippen molar-refractivity contribution < 1.29 is 22.7 Å². The van der Waals surface area contributed by atoms with Gasteiger partial charge in [0.25, 0.3) is 5.91 Å². The zero-order valence-electron chi connectivity index (χ0n) is 19.2. The van der Waals surface area contributed by atoms with E-state index in [4.69, 9.17) is 9.47 Å². The van der Waals surface area contributed by atoms with Gasteiger partial charge in [0.1, 0.15) is 0 Å². The van der Waals surface area contributed by atoms with Crippen LogP contribution >= 0.6 is 11.3 Å². The van der Waals surface area contributed by atoms with E-state index >= 15 is 0 Å². The molecule has 35 heavy (non-hydrogen) atoms. The van der Waals surface area contributed by atoms with Crippen molar-refractivity contribution in [1.29, 1.82) is 0 Å². The molecule has 1 saturated heterocycles. The number of ether oxygens (including phenoxy) is 2. The van der Waals surface area contributed by atoms with Crippen LogP contribution in [0.2, 0.25) is 0 Å². The van der Waals surface area contributed by atoms with Crippen molar-refractivity contribution >= 4 is 48.3 Å². The van der Waals surface area contributed by atoms with Crippen molar-refractivity contribution in [2.75, 3.05) is 40.0 Å². The molecule has 5 rings (SSSR count). The average Bonchev–Trinajstić information content (AvgIpc) is 3.25. The number of carbonyl (C=O) groups is 1. The first-order chi connectivity index (χ1) is 17.0. The number of sulfonamides is 1. The number of nitrogens with zero attached hydrogens (tertiary/aromatic N) is 3. The largest absolute Gasteiger partial charge is 0.383 e. The number of carbonyl (C=O) groups excluding carboxylic acids is 1. The van der Waals surface area contributed by atoms with Gasteiger partial charge >= 0.3 is 0 Å². The Morgan fingerprint density at radius 3 is 2.54 bits per heavy atom. The molecular weight excluding hydrogens is 486 g/mol. The molecule has 0 radical (unpaired) electrons. The van der Waals surface area contributed by atoms with Crippen molar-refractivity contribution in [2.24, 2.45) is 4.99 Å². The van der Waals surface area contributed by atoms with E-state index in [1.165, 1.54) is 39.9 Å². The molecule has 0 saturated carbocycles. The normalized spacial score (nSPS) is 15.7. The maximum atomic E-state index is 13.1. The molecule has 1 aliphatic rings. The lowest BCUT2D eigenvalue weighted by atomic mass is 10.1. The van der Waals surface area contributed by atoms with Crippen LogP contribution in [0.4, 0.5) is 0 Å². The highest BCUT2D eigenvalue weighted by Gasteiger charge is 2.26. The van der Waals surface area contributed by atoms with Gasteiger partial charge in [-0.05, 0) is 35.7 Å². The SMILES string of the molecule is COCCn1c(=NC(=O)c2ccc(S(=O)(=O)N3CCOCC3)cc2)sc2c3ccccc3ccc21. The van der Waals surface area contributed by atoms with Gasteiger partial charge in [0.05, 0.1) is 34.9 Å². The van der Waals surface area contributed by atoms with Crippen LogP contribution < -0.4 is 4.80 Å². The number of methoxy groups -OCH3 is 1. The van der Waals surface area contributed by atoms with Crippen LogP contribution in [0.25, 0.3) is 21.0 Å². The molecule has 1 aromatic heterocycles. The fourth-order valence-electron chi connectivity index (χ4n) is 4.14. The first-order valence-electron chi connectivity index (χ1n) is 11.3. The van der Waals surface area contributed by atoms with E-state index in [9.17, 15) is 13.2 Å². The lowest BCUT2D eigenvalue weighted by Crippen LogP contribution is -2.40. The third-order valence-corrected chi connectivity index (χ3v) is 9.04. The number of hydrogen-bond acceptors (Lipinski definition) is 6. The van der Waals surface area contributed by atoms with Crippen molar-refractivity contribution in [3.63, 3.8) is 0 Å². The highest BCUT2D eigenvalue weighted by atomic mass is 32.2. The van der Waals surface area contributed by atoms with Gasteiger partial charge in [-0.3, -0.25) is 4.79 Å². The van der Waals surface area contributed by atoms with Crippen LogP contribution in [0.1, 0.15) is 10.4 Å². The summed E-state index contributed by atoms with van der Waals surface area (Å²) in [5.41, 5.74) is 1.32. The van der Waals surface area contributed by atoms with Gasteiger partial charge in [-0.15, -0.1) is 0 Å². The molecule has 1 fully saturated rings. The summed E-state index contributed by atoms with van der Waals surface area (Å²) >= 11 is 1.46. The summed E-state index contributed by atoms with van der Waals surface area (Å²) in [4.78, 5) is 18.2. The molecule has 182 valence electrons. The van der Waals surface area contributed by atoms with Gasteiger partial charge in [-0.25, -0.2) is 8.42 Å². The van der Waals surface area contributed by atoms with Gasteiger partial charge in [-0.1, -0.05) is 41.7 Å². The van der Waals surface area contributed by atoms with Crippen molar-refractivity contribution in [3.05, 3.63) is 71.0 Å². The van der Waals surface area contributed by atoms with Crippen LogP contribution in [0, 0.1) is 0 Å². The van der Waals surface area contributed by atoms with E-state index in [2.05, 4.69) is 23.2 Å². The maximum Gasteiger partial charge on any atom is 0.279 e. The van der Waals surface area contributed by atoms with E-state index in [1.54, 1.807) is 7.11 Å². The van der Waals surface area contributed by atoms with E-state index in [0.29, 0.717) is 49.8 Å². The molecule has 8 nitrogen and oxygen atoms in total. The molecule has 0 atom stereocenters. The first kappa shape index (κ1) is 23.8. The Kier molecular flexibility index (Phi) is 6.81.